The minimum atomic E-state index is 0.334. The molecule has 0 heterocycles. The maximum Gasteiger partial charge on any atom is 0.126 e. The van der Waals surface area contributed by atoms with Gasteiger partial charge in [0.1, 0.15) is 49.4 Å². The first kappa shape index (κ1) is 57.8. The Bertz CT molecular complexity index is 3800. The number of rotatable bonds is 20. The normalized spacial score (nSPS) is 12.2. The van der Waals surface area contributed by atoms with Crippen LogP contribution in [0.5, 0.6) is 23.0 Å². The van der Waals surface area contributed by atoms with Crippen molar-refractivity contribution < 1.29 is 37.9 Å². The molecule has 8 nitrogen and oxygen atoms in total. The lowest BCUT2D eigenvalue weighted by Gasteiger charge is -2.25. The molecule has 0 aromatic heterocycles. The highest BCUT2D eigenvalue weighted by atomic mass is 16.5. The first-order valence-electron chi connectivity index (χ1n) is 30.5. The molecule has 0 N–H and O–H groups in total. The van der Waals surface area contributed by atoms with Gasteiger partial charge in [-0.2, -0.15) is 0 Å². The van der Waals surface area contributed by atoms with Crippen molar-refractivity contribution in [2.45, 2.75) is 25.7 Å². The summed E-state index contributed by atoms with van der Waals surface area (Å²) >= 11 is 0. The molecule has 12 aromatic carbocycles. The van der Waals surface area contributed by atoms with Crippen molar-refractivity contribution in [1.82, 2.24) is 0 Å². The molecule has 1 aliphatic carbocycles. The largest absolute Gasteiger partial charge is 0.491 e. The fourth-order valence-corrected chi connectivity index (χ4v) is 13.1. The molecule has 0 fully saturated rings. The summed E-state index contributed by atoms with van der Waals surface area (Å²) in [6, 6.07) is 79.7. The van der Waals surface area contributed by atoms with Crippen LogP contribution < -0.4 is 18.9 Å². The Balaban J connectivity index is 1.16. The van der Waals surface area contributed by atoms with E-state index in [9.17, 15) is 0 Å². The lowest BCUT2D eigenvalue weighted by atomic mass is 9.85. The highest BCUT2D eigenvalue weighted by Gasteiger charge is 2.27. The summed E-state index contributed by atoms with van der Waals surface area (Å²) in [5.41, 5.74) is 16.9. The van der Waals surface area contributed by atoms with E-state index in [0.29, 0.717) is 78.5 Å². The molecule has 8 bridgehead atoms. The van der Waals surface area contributed by atoms with Gasteiger partial charge in [0, 0.05) is 54.1 Å². The van der Waals surface area contributed by atoms with Crippen molar-refractivity contribution in [3.63, 3.8) is 0 Å². The Morgan fingerprint density at radius 1 is 0.227 bits per heavy atom. The molecule has 0 saturated carbocycles. The molecule has 12 aromatic rings. The van der Waals surface area contributed by atoms with Crippen LogP contribution in [0.4, 0.5) is 0 Å². The van der Waals surface area contributed by atoms with E-state index in [2.05, 4.69) is 218 Å². The van der Waals surface area contributed by atoms with Crippen LogP contribution in [0.15, 0.2) is 218 Å². The number of hydrogen-bond acceptors (Lipinski definition) is 8. The van der Waals surface area contributed by atoms with Gasteiger partial charge in [0.2, 0.25) is 0 Å². The second-order valence-corrected chi connectivity index (χ2v) is 22.7. The predicted octanol–water partition coefficient (Wildman–Crippen LogP) is 17.7. The zero-order valence-electron chi connectivity index (χ0n) is 50.5. The minimum Gasteiger partial charge on any atom is -0.491 e. The summed E-state index contributed by atoms with van der Waals surface area (Å²) in [6.45, 7) is 2.93. The van der Waals surface area contributed by atoms with Crippen LogP contribution >= 0.6 is 0 Å². The van der Waals surface area contributed by atoms with Gasteiger partial charge in [-0.1, -0.05) is 170 Å². The van der Waals surface area contributed by atoms with Gasteiger partial charge in [-0.05, 0) is 181 Å². The summed E-state index contributed by atoms with van der Waals surface area (Å²) in [7, 11) is 6.89. The molecule has 1 aliphatic rings. The minimum absolute atomic E-state index is 0.334. The van der Waals surface area contributed by atoms with E-state index >= 15 is 0 Å². The SMILES string of the molecule is COCCOc1c2cc(-c3cccc4ccccc34)cc1Cc1cc(-c3cccc4ccccc34)cc(c1OCCOC)Cc1cc(-c3cccc4ccccc34)cc(c1OCCOC)Cc1cc(-c3cccc4ccccc34)cc(c1OCCOC)C2. The number of hydrogen-bond donors (Lipinski definition) is 0. The molecule has 0 aliphatic heterocycles. The van der Waals surface area contributed by atoms with E-state index in [1.54, 1.807) is 28.4 Å². The number of ether oxygens (including phenoxy) is 8. The van der Waals surface area contributed by atoms with E-state index in [1.165, 1.54) is 0 Å². The molecule has 0 atom stereocenters. The van der Waals surface area contributed by atoms with E-state index in [0.717, 1.165) is 155 Å². The molecular formula is C80H72O8. The van der Waals surface area contributed by atoms with E-state index in [-0.39, 0.29) is 0 Å². The molecule has 0 unspecified atom stereocenters. The van der Waals surface area contributed by atoms with Crippen LogP contribution in [0.25, 0.3) is 87.6 Å². The molecular weight excluding hydrogens is 1090 g/mol. The first-order chi connectivity index (χ1) is 43.5. The smallest absolute Gasteiger partial charge is 0.126 e. The molecule has 0 radical (unpaired) electrons. The number of fused-ring (bicyclic) bond motifs is 12. The van der Waals surface area contributed by atoms with Gasteiger partial charge >= 0.3 is 0 Å². The Hall–Kier alpha value is -9.28. The van der Waals surface area contributed by atoms with Gasteiger partial charge in [-0.25, -0.2) is 0 Å². The second kappa shape index (κ2) is 26.8. The highest BCUT2D eigenvalue weighted by Crippen LogP contribution is 2.46. The second-order valence-electron chi connectivity index (χ2n) is 22.7. The van der Waals surface area contributed by atoms with Crippen LogP contribution in [-0.2, 0) is 44.6 Å². The van der Waals surface area contributed by atoms with Crippen molar-refractivity contribution in [2.75, 3.05) is 81.3 Å². The van der Waals surface area contributed by atoms with Crippen molar-refractivity contribution in [3.05, 3.63) is 263 Å². The fourth-order valence-electron chi connectivity index (χ4n) is 13.1. The van der Waals surface area contributed by atoms with Crippen molar-refractivity contribution in [3.8, 4) is 67.5 Å². The lowest BCUT2D eigenvalue weighted by molar-refractivity contribution is 0.144. The standard InChI is InChI=1S/C80H72O8/c1-81-33-37-85-77-61-41-57(73-29-13-21-53-17-5-9-25-69(53)73)42-62(77)50-64-44-59(75-31-15-23-55-19-7-11-27-71(55)75)46-66(79(64)87-39-35-83-3)52-68-48-60(76-32-16-24-56-20-8-12-28-72(56)76)47-67(80(68)88-40-36-84-4)51-65-45-58(43-63(49-61)78(65)86-38-34-82-2)74-30-14-22-54-18-6-10-26-70(54)74/h5-32,41-48H,33-40,49-52H2,1-4H3. The van der Waals surface area contributed by atoms with E-state index in [1.807, 2.05) is 0 Å². The number of methoxy groups -OCH3 is 4. The monoisotopic (exact) mass is 1160 g/mol. The van der Waals surface area contributed by atoms with Crippen LogP contribution in [0.1, 0.15) is 44.5 Å². The molecule has 440 valence electrons. The fraction of sp³-hybridized carbons (Fsp3) is 0.200. The van der Waals surface area contributed by atoms with E-state index in [4.69, 9.17) is 37.9 Å². The average molecular weight is 1160 g/mol. The zero-order valence-corrected chi connectivity index (χ0v) is 50.5. The third-order valence-electron chi connectivity index (χ3n) is 17.0. The molecule has 8 heteroatoms. The van der Waals surface area contributed by atoms with Gasteiger partial charge in [0.15, 0.2) is 0 Å². The quantitative estimate of drug-likeness (QED) is 0.0699. The summed E-state index contributed by atoms with van der Waals surface area (Å²) in [6.07, 6.45) is 1.83. The highest BCUT2D eigenvalue weighted by molar-refractivity contribution is 6.00. The third kappa shape index (κ3) is 12.1. The summed E-state index contributed by atoms with van der Waals surface area (Å²) in [4.78, 5) is 0. The van der Waals surface area contributed by atoms with Gasteiger partial charge in [-0.3, -0.25) is 0 Å². The lowest BCUT2D eigenvalue weighted by Crippen LogP contribution is -2.14. The summed E-state index contributed by atoms with van der Waals surface area (Å²) in [5.74, 6) is 3.19. The average Bonchev–Trinajstić information content (AvgIpc) is 1.57. The Morgan fingerprint density at radius 2 is 0.420 bits per heavy atom. The Labute approximate surface area is 515 Å². The Morgan fingerprint density at radius 3 is 0.625 bits per heavy atom. The summed E-state index contributed by atoms with van der Waals surface area (Å²) in [5, 5.41) is 9.32. The maximum absolute atomic E-state index is 7.21. The van der Waals surface area contributed by atoms with Crippen molar-refractivity contribution in [1.29, 1.82) is 0 Å². The number of benzene rings is 12. The van der Waals surface area contributed by atoms with E-state index < -0.39 is 0 Å². The van der Waals surface area contributed by atoms with Gasteiger partial charge < -0.3 is 37.9 Å². The zero-order chi connectivity index (χ0) is 59.8. The summed E-state index contributed by atoms with van der Waals surface area (Å²) < 4.78 is 51.9. The Kier molecular flexibility index (Phi) is 17.6. The van der Waals surface area contributed by atoms with Crippen molar-refractivity contribution in [2.24, 2.45) is 0 Å². The van der Waals surface area contributed by atoms with Crippen LogP contribution in [-0.4, -0.2) is 81.3 Å². The van der Waals surface area contributed by atoms with Crippen LogP contribution in [0.2, 0.25) is 0 Å². The van der Waals surface area contributed by atoms with Crippen molar-refractivity contribution >= 4 is 43.1 Å². The van der Waals surface area contributed by atoms with Crippen LogP contribution in [0, 0.1) is 0 Å². The van der Waals surface area contributed by atoms with Crippen LogP contribution in [0.3, 0.4) is 0 Å². The van der Waals surface area contributed by atoms with Gasteiger partial charge in [-0.15, -0.1) is 0 Å². The third-order valence-corrected chi connectivity index (χ3v) is 17.0. The molecule has 13 rings (SSSR count). The molecule has 0 spiro atoms. The molecule has 0 amide bonds. The topological polar surface area (TPSA) is 73.8 Å². The maximum atomic E-state index is 7.21. The first-order valence-corrected chi connectivity index (χ1v) is 30.5. The molecule has 0 saturated heterocycles. The predicted molar refractivity (Wildman–Crippen MR) is 358 cm³/mol. The molecule has 88 heavy (non-hydrogen) atoms. The van der Waals surface area contributed by atoms with Gasteiger partial charge in [0.05, 0.1) is 26.4 Å². The van der Waals surface area contributed by atoms with Gasteiger partial charge in [0.25, 0.3) is 0 Å².